The summed E-state index contributed by atoms with van der Waals surface area (Å²) in [6.45, 7) is 1.98. The Bertz CT molecular complexity index is 644. The van der Waals surface area contributed by atoms with Crippen LogP contribution in [-0.4, -0.2) is 10.9 Å². The van der Waals surface area contributed by atoms with Crippen molar-refractivity contribution in [3.8, 4) is 0 Å². The fourth-order valence-corrected chi connectivity index (χ4v) is 2.47. The zero-order valence-electron chi connectivity index (χ0n) is 10.1. The predicted molar refractivity (Wildman–Crippen MR) is 83.2 cm³/mol. The summed E-state index contributed by atoms with van der Waals surface area (Å²) in [7, 11) is 0. The monoisotopic (exact) mass is 383 g/mol. The van der Waals surface area contributed by atoms with Crippen molar-refractivity contribution >= 4 is 49.3 Å². The molecule has 1 amide bonds. The van der Waals surface area contributed by atoms with Crippen molar-refractivity contribution < 1.29 is 4.79 Å². The molecule has 0 aliphatic rings. The summed E-state index contributed by atoms with van der Waals surface area (Å²) >= 11 is 6.68. The normalized spacial score (nSPS) is 10.3. The molecule has 98 valence electrons. The van der Waals surface area contributed by atoms with E-state index in [9.17, 15) is 4.79 Å². The fraction of sp³-hybridized carbons (Fsp3) is 0.0769. The van der Waals surface area contributed by atoms with Crippen molar-refractivity contribution in [2.45, 2.75) is 6.92 Å². The van der Waals surface area contributed by atoms with E-state index in [1.165, 1.54) is 0 Å². The third kappa shape index (κ3) is 3.33. The van der Waals surface area contributed by atoms with Crippen LogP contribution in [0.5, 0.6) is 0 Å². The summed E-state index contributed by atoms with van der Waals surface area (Å²) in [5, 5.41) is 2.80. The first-order valence-electron chi connectivity index (χ1n) is 5.46. The molecular weight excluding hydrogens is 374 g/mol. The Hall–Kier alpha value is -1.40. The van der Waals surface area contributed by atoms with Crippen molar-refractivity contribution in [1.82, 2.24) is 4.98 Å². The molecule has 3 N–H and O–H groups in total. The largest absolute Gasteiger partial charge is 0.383 e. The van der Waals surface area contributed by atoms with Gasteiger partial charge in [0.15, 0.2) is 0 Å². The van der Waals surface area contributed by atoms with Gasteiger partial charge in [0.25, 0.3) is 5.91 Å². The van der Waals surface area contributed by atoms with Gasteiger partial charge < -0.3 is 11.1 Å². The number of halogens is 2. The number of pyridine rings is 1. The molecule has 6 heteroatoms. The third-order valence-corrected chi connectivity index (χ3v) is 3.59. The van der Waals surface area contributed by atoms with E-state index in [1.807, 2.05) is 25.1 Å². The van der Waals surface area contributed by atoms with Crippen molar-refractivity contribution in [2.75, 3.05) is 11.1 Å². The molecular formula is C13H11Br2N3O. The highest BCUT2D eigenvalue weighted by Gasteiger charge is 2.13. The summed E-state index contributed by atoms with van der Waals surface area (Å²) < 4.78 is 1.53. The minimum absolute atomic E-state index is 0.198. The molecule has 0 fully saturated rings. The molecule has 2 aromatic rings. The zero-order chi connectivity index (χ0) is 14.0. The Kier molecular flexibility index (Phi) is 4.21. The number of anilines is 2. The SMILES string of the molecule is Cc1ccc(NC(=O)c2cc(Br)cnc2N)c(Br)c1. The molecule has 0 saturated heterocycles. The first-order valence-corrected chi connectivity index (χ1v) is 7.04. The Labute approximate surface area is 127 Å². The van der Waals surface area contributed by atoms with E-state index in [4.69, 9.17) is 5.73 Å². The van der Waals surface area contributed by atoms with Crippen LogP contribution in [0.25, 0.3) is 0 Å². The van der Waals surface area contributed by atoms with Gasteiger partial charge in [-0.15, -0.1) is 0 Å². The molecule has 1 aromatic carbocycles. The summed E-state index contributed by atoms with van der Waals surface area (Å²) in [6, 6.07) is 7.32. The van der Waals surface area contributed by atoms with Gasteiger partial charge in [0.05, 0.1) is 11.3 Å². The Balaban J connectivity index is 2.28. The average Bonchev–Trinajstić information content (AvgIpc) is 2.35. The van der Waals surface area contributed by atoms with E-state index >= 15 is 0 Å². The Morgan fingerprint density at radius 3 is 2.74 bits per heavy atom. The molecule has 0 radical (unpaired) electrons. The van der Waals surface area contributed by atoms with Gasteiger partial charge in [-0.2, -0.15) is 0 Å². The number of hydrogen-bond donors (Lipinski definition) is 2. The second-order valence-corrected chi connectivity index (χ2v) is 5.79. The van der Waals surface area contributed by atoms with E-state index in [2.05, 4.69) is 42.2 Å². The van der Waals surface area contributed by atoms with Gasteiger partial charge in [0, 0.05) is 15.1 Å². The molecule has 0 bridgehead atoms. The number of carbonyl (C=O) groups is 1. The maximum atomic E-state index is 12.2. The van der Waals surface area contributed by atoms with Crippen LogP contribution in [0, 0.1) is 6.92 Å². The van der Waals surface area contributed by atoms with Crippen LogP contribution in [-0.2, 0) is 0 Å². The number of aryl methyl sites for hydroxylation is 1. The molecule has 0 saturated carbocycles. The van der Waals surface area contributed by atoms with Crippen LogP contribution in [0.3, 0.4) is 0 Å². The molecule has 0 aliphatic carbocycles. The third-order valence-electron chi connectivity index (χ3n) is 2.50. The lowest BCUT2D eigenvalue weighted by atomic mass is 10.2. The number of hydrogen-bond acceptors (Lipinski definition) is 3. The average molecular weight is 385 g/mol. The number of rotatable bonds is 2. The topological polar surface area (TPSA) is 68.0 Å². The number of carbonyl (C=O) groups excluding carboxylic acids is 1. The lowest BCUT2D eigenvalue weighted by Gasteiger charge is -2.09. The minimum Gasteiger partial charge on any atom is -0.383 e. The van der Waals surface area contributed by atoms with Gasteiger partial charge in [-0.1, -0.05) is 6.07 Å². The molecule has 1 heterocycles. The van der Waals surface area contributed by atoms with Crippen LogP contribution in [0.1, 0.15) is 15.9 Å². The summed E-state index contributed by atoms with van der Waals surface area (Å²) in [6.07, 6.45) is 1.55. The van der Waals surface area contributed by atoms with Gasteiger partial charge in [0.1, 0.15) is 5.82 Å². The van der Waals surface area contributed by atoms with Gasteiger partial charge in [-0.25, -0.2) is 4.98 Å². The summed E-state index contributed by atoms with van der Waals surface area (Å²) in [4.78, 5) is 16.1. The van der Waals surface area contributed by atoms with Crippen LogP contribution < -0.4 is 11.1 Å². The predicted octanol–water partition coefficient (Wildman–Crippen LogP) is 3.75. The van der Waals surface area contributed by atoms with Crippen LogP contribution in [0.15, 0.2) is 39.4 Å². The van der Waals surface area contributed by atoms with E-state index in [0.717, 1.165) is 10.0 Å². The molecule has 19 heavy (non-hydrogen) atoms. The van der Waals surface area contributed by atoms with Gasteiger partial charge in [-0.05, 0) is 62.5 Å². The Morgan fingerprint density at radius 1 is 1.32 bits per heavy atom. The summed E-state index contributed by atoms with van der Waals surface area (Å²) in [5.41, 5.74) is 7.83. The number of aromatic nitrogens is 1. The molecule has 0 spiro atoms. The van der Waals surface area contributed by atoms with Gasteiger partial charge in [-0.3, -0.25) is 4.79 Å². The number of nitrogen functional groups attached to an aromatic ring is 1. The van der Waals surface area contributed by atoms with Crippen LogP contribution >= 0.6 is 31.9 Å². The molecule has 0 atom stereocenters. The van der Waals surface area contributed by atoms with Gasteiger partial charge in [0.2, 0.25) is 0 Å². The van der Waals surface area contributed by atoms with E-state index < -0.39 is 0 Å². The van der Waals surface area contributed by atoms with Crippen molar-refractivity contribution in [2.24, 2.45) is 0 Å². The lowest BCUT2D eigenvalue weighted by Crippen LogP contribution is -2.15. The number of benzene rings is 1. The van der Waals surface area contributed by atoms with Crippen molar-refractivity contribution in [1.29, 1.82) is 0 Å². The fourth-order valence-electron chi connectivity index (χ4n) is 1.54. The first kappa shape index (κ1) is 14.0. The molecule has 0 unspecified atom stereocenters. The summed E-state index contributed by atoms with van der Waals surface area (Å²) in [5.74, 6) is -0.0974. The number of nitrogens with one attached hydrogen (secondary N) is 1. The molecule has 0 aliphatic heterocycles. The van der Waals surface area contributed by atoms with Gasteiger partial charge >= 0.3 is 0 Å². The second kappa shape index (κ2) is 5.71. The van der Waals surface area contributed by atoms with Crippen LogP contribution in [0.4, 0.5) is 11.5 Å². The number of amides is 1. The maximum Gasteiger partial charge on any atom is 0.259 e. The molecule has 4 nitrogen and oxygen atoms in total. The smallest absolute Gasteiger partial charge is 0.259 e. The quantitative estimate of drug-likeness (QED) is 0.828. The highest BCUT2D eigenvalue weighted by Crippen LogP contribution is 2.25. The van der Waals surface area contributed by atoms with Crippen molar-refractivity contribution in [3.63, 3.8) is 0 Å². The van der Waals surface area contributed by atoms with E-state index in [0.29, 0.717) is 15.7 Å². The molecule has 1 aromatic heterocycles. The standard InChI is InChI=1S/C13H11Br2N3O/c1-7-2-3-11(10(15)4-7)18-13(19)9-5-8(14)6-17-12(9)16/h2-6H,1H3,(H2,16,17)(H,18,19). The minimum atomic E-state index is -0.296. The van der Waals surface area contributed by atoms with Crippen molar-refractivity contribution in [3.05, 3.63) is 50.5 Å². The lowest BCUT2D eigenvalue weighted by molar-refractivity contribution is 0.102. The zero-order valence-corrected chi connectivity index (χ0v) is 13.2. The number of nitrogens with zero attached hydrogens (tertiary/aromatic N) is 1. The Morgan fingerprint density at radius 2 is 2.05 bits per heavy atom. The van der Waals surface area contributed by atoms with E-state index in [1.54, 1.807) is 12.3 Å². The maximum absolute atomic E-state index is 12.2. The van der Waals surface area contributed by atoms with E-state index in [-0.39, 0.29) is 11.7 Å². The highest BCUT2D eigenvalue weighted by molar-refractivity contribution is 9.10. The number of nitrogens with two attached hydrogens (primary N) is 1. The first-order chi connectivity index (χ1) is 8.97. The highest BCUT2D eigenvalue weighted by atomic mass is 79.9. The second-order valence-electron chi connectivity index (χ2n) is 4.02. The van der Waals surface area contributed by atoms with Crippen LogP contribution in [0.2, 0.25) is 0 Å². The molecule has 2 rings (SSSR count).